The van der Waals surface area contributed by atoms with Gasteiger partial charge in [-0.15, -0.1) is 0 Å². The average Bonchev–Trinajstić information content (AvgIpc) is 2.13. The predicted molar refractivity (Wildman–Crippen MR) is 56.2 cm³/mol. The van der Waals surface area contributed by atoms with Crippen molar-refractivity contribution >= 4 is 0 Å². The molecule has 1 fully saturated rings. The first-order chi connectivity index (χ1) is 7.22. The molecule has 1 aliphatic rings. The van der Waals surface area contributed by atoms with Crippen molar-refractivity contribution < 1.29 is 13.5 Å². The molecule has 0 aromatic rings. The van der Waals surface area contributed by atoms with E-state index < -0.39 is 13.0 Å². The first kappa shape index (κ1) is 12.8. The minimum atomic E-state index is -2.34. The SMILES string of the molecule is CNC(CCOCC(F)F)CC1CCC1. The van der Waals surface area contributed by atoms with Crippen LogP contribution in [-0.2, 0) is 4.74 Å². The topological polar surface area (TPSA) is 21.3 Å². The monoisotopic (exact) mass is 221 g/mol. The lowest BCUT2D eigenvalue weighted by Gasteiger charge is -2.29. The summed E-state index contributed by atoms with van der Waals surface area (Å²) in [5.41, 5.74) is 0. The van der Waals surface area contributed by atoms with E-state index in [-0.39, 0.29) is 0 Å². The Labute approximate surface area is 90.4 Å². The van der Waals surface area contributed by atoms with Gasteiger partial charge in [0.15, 0.2) is 0 Å². The third kappa shape index (κ3) is 5.42. The highest BCUT2D eigenvalue weighted by atomic mass is 19.3. The smallest absolute Gasteiger partial charge is 0.261 e. The lowest BCUT2D eigenvalue weighted by molar-refractivity contribution is 0.0136. The molecule has 4 heteroatoms. The van der Waals surface area contributed by atoms with Crippen LogP contribution in [0.25, 0.3) is 0 Å². The van der Waals surface area contributed by atoms with Crippen LogP contribution in [0.1, 0.15) is 32.1 Å². The van der Waals surface area contributed by atoms with Crippen molar-refractivity contribution in [1.29, 1.82) is 0 Å². The molecule has 2 nitrogen and oxygen atoms in total. The Balaban J connectivity index is 2.00. The van der Waals surface area contributed by atoms with Crippen LogP contribution in [0, 0.1) is 5.92 Å². The van der Waals surface area contributed by atoms with Crippen LogP contribution in [0.4, 0.5) is 8.78 Å². The van der Waals surface area contributed by atoms with Gasteiger partial charge in [-0.3, -0.25) is 0 Å². The van der Waals surface area contributed by atoms with Crippen LogP contribution in [-0.4, -0.2) is 32.7 Å². The molecule has 90 valence electrons. The zero-order chi connectivity index (χ0) is 11.1. The Morgan fingerprint density at radius 1 is 1.40 bits per heavy atom. The van der Waals surface area contributed by atoms with E-state index in [0.29, 0.717) is 12.6 Å². The second-order valence-electron chi connectivity index (χ2n) is 4.27. The Morgan fingerprint density at radius 3 is 2.60 bits per heavy atom. The van der Waals surface area contributed by atoms with Crippen molar-refractivity contribution in [2.45, 2.75) is 44.6 Å². The first-order valence-corrected chi connectivity index (χ1v) is 5.75. The second-order valence-corrected chi connectivity index (χ2v) is 4.27. The molecule has 1 saturated carbocycles. The van der Waals surface area contributed by atoms with Crippen molar-refractivity contribution in [2.75, 3.05) is 20.3 Å². The van der Waals surface area contributed by atoms with E-state index >= 15 is 0 Å². The van der Waals surface area contributed by atoms with E-state index in [1.807, 2.05) is 7.05 Å². The van der Waals surface area contributed by atoms with Crippen LogP contribution in [0.15, 0.2) is 0 Å². The Hall–Kier alpha value is -0.220. The molecule has 0 spiro atoms. The van der Waals surface area contributed by atoms with Gasteiger partial charge in [-0.1, -0.05) is 19.3 Å². The summed E-state index contributed by atoms with van der Waals surface area (Å²) in [6.07, 6.45) is 3.66. The summed E-state index contributed by atoms with van der Waals surface area (Å²) in [4.78, 5) is 0. The van der Waals surface area contributed by atoms with Crippen LogP contribution >= 0.6 is 0 Å². The summed E-state index contributed by atoms with van der Waals surface area (Å²) in [7, 11) is 1.93. The number of nitrogens with one attached hydrogen (secondary N) is 1. The maximum absolute atomic E-state index is 11.8. The molecule has 0 heterocycles. The molecule has 1 atom stereocenters. The van der Waals surface area contributed by atoms with E-state index in [1.54, 1.807) is 0 Å². The molecule has 1 rings (SSSR count). The van der Waals surface area contributed by atoms with Gasteiger partial charge in [0.2, 0.25) is 0 Å². The third-order valence-electron chi connectivity index (χ3n) is 3.11. The average molecular weight is 221 g/mol. The first-order valence-electron chi connectivity index (χ1n) is 5.75. The lowest BCUT2D eigenvalue weighted by Crippen LogP contribution is -2.31. The number of hydrogen-bond acceptors (Lipinski definition) is 2. The quantitative estimate of drug-likeness (QED) is 0.636. The summed E-state index contributed by atoms with van der Waals surface area (Å²) >= 11 is 0. The van der Waals surface area contributed by atoms with Gasteiger partial charge < -0.3 is 10.1 Å². The fraction of sp³-hybridized carbons (Fsp3) is 1.00. The molecule has 0 radical (unpaired) electrons. The Kier molecular flexibility index (Phi) is 6.10. The van der Waals surface area contributed by atoms with Gasteiger partial charge >= 0.3 is 0 Å². The molecule has 0 bridgehead atoms. The van der Waals surface area contributed by atoms with E-state index in [9.17, 15) is 8.78 Å². The largest absolute Gasteiger partial charge is 0.375 e. The minimum Gasteiger partial charge on any atom is -0.375 e. The lowest BCUT2D eigenvalue weighted by atomic mass is 9.80. The molecular formula is C11H21F2NO. The van der Waals surface area contributed by atoms with Crippen molar-refractivity contribution in [3.63, 3.8) is 0 Å². The third-order valence-corrected chi connectivity index (χ3v) is 3.11. The normalized spacial score (nSPS) is 19.2. The van der Waals surface area contributed by atoms with Gasteiger partial charge in [0.1, 0.15) is 6.61 Å². The highest BCUT2D eigenvalue weighted by molar-refractivity contribution is 4.76. The van der Waals surface area contributed by atoms with Crippen LogP contribution in [0.3, 0.4) is 0 Å². The van der Waals surface area contributed by atoms with Crippen LogP contribution in [0.2, 0.25) is 0 Å². The zero-order valence-electron chi connectivity index (χ0n) is 9.35. The van der Waals surface area contributed by atoms with Gasteiger partial charge in [-0.2, -0.15) is 0 Å². The summed E-state index contributed by atoms with van der Waals surface area (Å²) < 4.78 is 28.4. The molecular weight excluding hydrogens is 200 g/mol. The number of alkyl halides is 2. The number of ether oxygens (including phenoxy) is 1. The fourth-order valence-corrected chi connectivity index (χ4v) is 1.91. The highest BCUT2D eigenvalue weighted by Gasteiger charge is 2.21. The summed E-state index contributed by atoms with van der Waals surface area (Å²) in [6, 6.07) is 0.424. The molecule has 15 heavy (non-hydrogen) atoms. The molecule has 0 amide bonds. The molecule has 0 aromatic carbocycles. The summed E-state index contributed by atoms with van der Waals surface area (Å²) in [5, 5.41) is 3.22. The fourth-order valence-electron chi connectivity index (χ4n) is 1.91. The maximum atomic E-state index is 11.8. The second kappa shape index (κ2) is 7.12. The van der Waals surface area contributed by atoms with Gasteiger partial charge in [0, 0.05) is 12.6 Å². The Morgan fingerprint density at radius 2 is 2.13 bits per heavy atom. The molecule has 0 saturated heterocycles. The zero-order valence-corrected chi connectivity index (χ0v) is 9.35. The van der Waals surface area contributed by atoms with Crippen molar-refractivity contribution in [3.8, 4) is 0 Å². The van der Waals surface area contributed by atoms with Gasteiger partial charge in [-0.25, -0.2) is 8.78 Å². The molecule has 0 aromatic heterocycles. The van der Waals surface area contributed by atoms with Gasteiger partial charge in [0.05, 0.1) is 0 Å². The number of hydrogen-bond donors (Lipinski definition) is 1. The predicted octanol–water partition coefficient (Wildman–Crippen LogP) is 2.44. The van der Waals surface area contributed by atoms with E-state index in [4.69, 9.17) is 4.74 Å². The van der Waals surface area contributed by atoms with Crippen LogP contribution < -0.4 is 5.32 Å². The summed E-state index contributed by atoms with van der Waals surface area (Å²) in [5.74, 6) is 0.845. The molecule has 1 unspecified atom stereocenters. The molecule has 1 N–H and O–H groups in total. The standard InChI is InChI=1S/C11H21F2NO/c1-14-10(7-9-3-2-4-9)5-6-15-8-11(12)13/h9-11,14H,2-8H2,1H3. The Bertz CT molecular complexity index is 163. The molecule has 0 aliphatic heterocycles. The summed E-state index contributed by atoms with van der Waals surface area (Å²) in [6.45, 7) is 0.00241. The highest BCUT2D eigenvalue weighted by Crippen LogP contribution is 2.30. The van der Waals surface area contributed by atoms with Crippen molar-refractivity contribution in [3.05, 3.63) is 0 Å². The van der Waals surface area contributed by atoms with Crippen molar-refractivity contribution in [1.82, 2.24) is 5.32 Å². The van der Waals surface area contributed by atoms with E-state index in [2.05, 4.69) is 5.32 Å². The van der Waals surface area contributed by atoms with Gasteiger partial charge in [-0.05, 0) is 25.8 Å². The van der Waals surface area contributed by atoms with Gasteiger partial charge in [0.25, 0.3) is 6.43 Å². The maximum Gasteiger partial charge on any atom is 0.261 e. The minimum absolute atomic E-state index is 0.424. The number of rotatable bonds is 8. The molecule has 1 aliphatic carbocycles. The van der Waals surface area contributed by atoms with Crippen molar-refractivity contribution in [2.24, 2.45) is 5.92 Å². The van der Waals surface area contributed by atoms with E-state index in [0.717, 1.165) is 18.8 Å². The number of halogens is 2. The van der Waals surface area contributed by atoms with E-state index in [1.165, 1.54) is 19.3 Å². The van der Waals surface area contributed by atoms with Crippen LogP contribution in [0.5, 0.6) is 0 Å².